The summed E-state index contributed by atoms with van der Waals surface area (Å²) >= 11 is 5.03. The van der Waals surface area contributed by atoms with Crippen molar-refractivity contribution in [3.05, 3.63) is 20.3 Å². The van der Waals surface area contributed by atoms with Gasteiger partial charge in [-0.15, -0.1) is 11.3 Å². The van der Waals surface area contributed by atoms with E-state index in [1.807, 2.05) is 13.0 Å². The van der Waals surface area contributed by atoms with Crippen molar-refractivity contribution < 1.29 is 9.84 Å². The lowest BCUT2D eigenvalue weighted by molar-refractivity contribution is 0.0381. The molecule has 1 atom stereocenters. The second-order valence-electron chi connectivity index (χ2n) is 3.14. The zero-order chi connectivity index (χ0) is 10.6. The molecule has 0 aliphatic rings. The number of aliphatic hydroxyl groups is 1. The molecule has 1 aromatic rings. The lowest BCUT2D eigenvalue weighted by Crippen LogP contribution is -2.06. The molecule has 1 rings (SSSR count). The van der Waals surface area contributed by atoms with Crippen molar-refractivity contribution in [2.45, 2.75) is 26.4 Å². The predicted octanol–water partition coefficient (Wildman–Crippen LogP) is 3.28. The number of aliphatic hydroxyl groups excluding tert-OH is 1. The van der Waals surface area contributed by atoms with Crippen molar-refractivity contribution in [2.24, 2.45) is 0 Å². The van der Waals surface area contributed by atoms with Gasteiger partial charge in [-0.3, -0.25) is 0 Å². The molecule has 0 radical (unpaired) electrons. The molecule has 0 saturated carbocycles. The van der Waals surface area contributed by atoms with Crippen molar-refractivity contribution in [3.63, 3.8) is 0 Å². The molecule has 0 amide bonds. The Morgan fingerprint density at radius 3 is 2.86 bits per heavy atom. The van der Waals surface area contributed by atoms with Crippen LogP contribution in [0.4, 0.5) is 0 Å². The van der Waals surface area contributed by atoms with Crippen LogP contribution in [-0.2, 0) is 4.74 Å². The molecule has 0 bridgehead atoms. The topological polar surface area (TPSA) is 29.5 Å². The SMILES string of the molecule is CCCOCC(O)c1cc(Br)c(C)s1. The summed E-state index contributed by atoms with van der Waals surface area (Å²) in [5, 5.41) is 9.75. The van der Waals surface area contributed by atoms with Crippen LogP contribution in [0.25, 0.3) is 0 Å². The van der Waals surface area contributed by atoms with Crippen LogP contribution in [0.15, 0.2) is 10.5 Å². The Morgan fingerprint density at radius 1 is 1.64 bits per heavy atom. The fourth-order valence-corrected chi connectivity index (χ4v) is 2.60. The zero-order valence-electron chi connectivity index (χ0n) is 8.42. The molecular weight excluding hydrogens is 264 g/mol. The van der Waals surface area contributed by atoms with Gasteiger partial charge < -0.3 is 9.84 Å². The molecule has 1 heterocycles. The molecule has 14 heavy (non-hydrogen) atoms. The summed E-state index contributed by atoms with van der Waals surface area (Å²) in [5.74, 6) is 0. The second-order valence-corrected chi connectivity index (χ2v) is 5.29. The van der Waals surface area contributed by atoms with Gasteiger partial charge in [0.2, 0.25) is 0 Å². The highest BCUT2D eigenvalue weighted by Crippen LogP contribution is 2.30. The Hall–Kier alpha value is 0.1000. The summed E-state index contributed by atoms with van der Waals surface area (Å²) in [5.41, 5.74) is 0. The van der Waals surface area contributed by atoms with Crippen molar-refractivity contribution >= 4 is 27.3 Å². The molecule has 1 aromatic heterocycles. The van der Waals surface area contributed by atoms with Crippen LogP contribution in [0.1, 0.15) is 29.2 Å². The predicted molar refractivity (Wildman–Crippen MR) is 62.8 cm³/mol. The summed E-state index contributed by atoms with van der Waals surface area (Å²) in [6, 6.07) is 1.96. The highest BCUT2D eigenvalue weighted by molar-refractivity contribution is 9.10. The third kappa shape index (κ3) is 3.35. The second kappa shape index (κ2) is 5.85. The molecule has 80 valence electrons. The van der Waals surface area contributed by atoms with Gasteiger partial charge in [0.1, 0.15) is 6.10 Å². The van der Waals surface area contributed by atoms with Crippen LogP contribution in [0.2, 0.25) is 0 Å². The van der Waals surface area contributed by atoms with E-state index < -0.39 is 6.10 Å². The van der Waals surface area contributed by atoms with E-state index in [4.69, 9.17) is 4.74 Å². The number of hydrogen-bond donors (Lipinski definition) is 1. The fourth-order valence-electron chi connectivity index (χ4n) is 1.07. The molecule has 0 aliphatic carbocycles. The molecule has 1 unspecified atom stereocenters. The van der Waals surface area contributed by atoms with Gasteiger partial charge in [-0.05, 0) is 35.3 Å². The Labute approximate surface area is 97.0 Å². The summed E-state index contributed by atoms with van der Waals surface area (Å²) in [6.07, 6.45) is 0.497. The number of hydrogen-bond acceptors (Lipinski definition) is 3. The molecule has 0 aliphatic heterocycles. The van der Waals surface area contributed by atoms with E-state index in [1.165, 1.54) is 4.88 Å². The minimum atomic E-state index is -0.489. The quantitative estimate of drug-likeness (QED) is 0.838. The minimum Gasteiger partial charge on any atom is -0.385 e. The zero-order valence-corrected chi connectivity index (χ0v) is 10.8. The Kier molecular flexibility index (Phi) is 5.09. The Morgan fingerprint density at radius 2 is 2.36 bits per heavy atom. The molecule has 0 saturated heterocycles. The first-order valence-corrected chi connectivity index (χ1v) is 6.27. The third-order valence-corrected chi connectivity index (χ3v) is 4.07. The molecule has 2 nitrogen and oxygen atoms in total. The molecule has 0 spiro atoms. The molecule has 0 aromatic carbocycles. The van der Waals surface area contributed by atoms with Crippen molar-refractivity contribution in [2.75, 3.05) is 13.2 Å². The fraction of sp³-hybridized carbons (Fsp3) is 0.600. The first-order valence-electron chi connectivity index (χ1n) is 4.66. The van der Waals surface area contributed by atoms with Crippen molar-refractivity contribution in [3.8, 4) is 0 Å². The highest BCUT2D eigenvalue weighted by Gasteiger charge is 2.11. The van der Waals surface area contributed by atoms with Gasteiger partial charge in [-0.1, -0.05) is 6.92 Å². The largest absolute Gasteiger partial charge is 0.385 e. The summed E-state index contributed by atoms with van der Waals surface area (Å²) in [7, 11) is 0. The van der Waals surface area contributed by atoms with Crippen LogP contribution < -0.4 is 0 Å². The maximum atomic E-state index is 9.75. The van der Waals surface area contributed by atoms with E-state index in [-0.39, 0.29) is 0 Å². The van der Waals surface area contributed by atoms with Gasteiger partial charge in [-0.25, -0.2) is 0 Å². The highest BCUT2D eigenvalue weighted by atomic mass is 79.9. The van der Waals surface area contributed by atoms with E-state index in [0.29, 0.717) is 13.2 Å². The summed E-state index contributed by atoms with van der Waals surface area (Å²) in [6.45, 7) is 5.18. The van der Waals surface area contributed by atoms with Crippen LogP contribution in [-0.4, -0.2) is 18.3 Å². The smallest absolute Gasteiger partial charge is 0.111 e. The number of aryl methyl sites for hydroxylation is 1. The summed E-state index contributed by atoms with van der Waals surface area (Å²) in [4.78, 5) is 2.15. The normalized spacial score (nSPS) is 13.1. The Balaban J connectivity index is 2.47. The average Bonchev–Trinajstić information content (AvgIpc) is 2.47. The van der Waals surface area contributed by atoms with Crippen LogP contribution >= 0.6 is 27.3 Å². The first-order chi connectivity index (χ1) is 6.65. The van der Waals surface area contributed by atoms with Crippen molar-refractivity contribution in [1.82, 2.24) is 0 Å². The molecule has 0 fully saturated rings. The molecular formula is C10H15BrO2S. The lowest BCUT2D eigenvalue weighted by Gasteiger charge is -2.08. The van der Waals surface area contributed by atoms with Gasteiger partial charge in [0.15, 0.2) is 0 Å². The maximum absolute atomic E-state index is 9.75. The van der Waals surface area contributed by atoms with Crippen LogP contribution in [0.5, 0.6) is 0 Å². The molecule has 4 heteroatoms. The number of ether oxygens (including phenoxy) is 1. The van der Waals surface area contributed by atoms with Gasteiger partial charge in [0, 0.05) is 20.8 Å². The van der Waals surface area contributed by atoms with Gasteiger partial charge >= 0.3 is 0 Å². The van der Waals surface area contributed by atoms with Gasteiger partial charge in [-0.2, -0.15) is 0 Å². The minimum absolute atomic E-state index is 0.389. The van der Waals surface area contributed by atoms with E-state index in [1.54, 1.807) is 11.3 Å². The Bertz CT molecular complexity index is 266. The van der Waals surface area contributed by atoms with Crippen LogP contribution in [0.3, 0.4) is 0 Å². The summed E-state index contributed by atoms with van der Waals surface area (Å²) < 4.78 is 6.35. The standard InChI is InChI=1S/C10H15BrO2S/c1-3-4-13-6-9(12)10-5-8(11)7(2)14-10/h5,9,12H,3-4,6H2,1-2H3. The maximum Gasteiger partial charge on any atom is 0.111 e. The van der Waals surface area contributed by atoms with E-state index in [9.17, 15) is 5.11 Å². The average molecular weight is 279 g/mol. The van der Waals surface area contributed by atoms with E-state index >= 15 is 0 Å². The number of halogens is 1. The monoisotopic (exact) mass is 278 g/mol. The lowest BCUT2D eigenvalue weighted by atomic mass is 10.3. The van der Waals surface area contributed by atoms with E-state index in [2.05, 4.69) is 22.9 Å². The first kappa shape index (κ1) is 12.2. The van der Waals surface area contributed by atoms with Crippen molar-refractivity contribution in [1.29, 1.82) is 0 Å². The number of rotatable bonds is 5. The number of thiophene rings is 1. The van der Waals surface area contributed by atoms with E-state index in [0.717, 1.165) is 15.8 Å². The van der Waals surface area contributed by atoms with Crippen LogP contribution in [0, 0.1) is 6.92 Å². The van der Waals surface area contributed by atoms with Gasteiger partial charge in [0.05, 0.1) is 6.61 Å². The van der Waals surface area contributed by atoms with Gasteiger partial charge in [0.25, 0.3) is 0 Å². The third-order valence-electron chi connectivity index (χ3n) is 1.83. The molecule has 1 N–H and O–H groups in total.